The number of terminal acetylenes is 1. The summed E-state index contributed by atoms with van der Waals surface area (Å²) in [6.07, 6.45) is 7.41. The second-order valence-corrected chi connectivity index (χ2v) is 15.5. The smallest absolute Gasteiger partial charge is 0.193 e. The van der Waals surface area contributed by atoms with E-state index in [9.17, 15) is 4.79 Å². The van der Waals surface area contributed by atoms with E-state index < -0.39 is 8.32 Å². The van der Waals surface area contributed by atoms with Gasteiger partial charge < -0.3 is 18.6 Å². The number of carbonyl (C=O) groups is 1. The summed E-state index contributed by atoms with van der Waals surface area (Å²) in [6, 6.07) is 14.0. The van der Waals surface area contributed by atoms with E-state index in [1.54, 1.807) is 48.5 Å². The predicted octanol–water partition coefficient (Wildman–Crippen LogP) is 5.33. The van der Waals surface area contributed by atoms with Gasteiger partial charge in [0, 0.05) is 58.5 Å². The second-order valence-electron chi connectivity index (χ2n) is 10.7. The molecule has 0 bridgehead atoms. The molecule has 5 nitrogen and oxygen atoms in total. The van der Waals surface area contributed by atoms with Gasteiger partial charge in [-0.3, -0.25) is 4.79 Å². The first-order valence-corrected chi connectivity index (χ1v) is 17.3. The molecule has 0 unspecified atom stereocenters. The Morgan fingerprint density at radius 2 is 0.979 bits per heavy atom. The zero-order chi connectivity index (χ0) is 34.2. The first kappa shape index (κ1) is 36.9. The average molecular weight is 633 g/mol. The fourth-order valence-electron chi connectivity index (χ4n) is 3.00. The molecule has 0 aliphatic carbocycles. The van der Waals surface area contributed by atoms with Crippen molar-refractivity contribution in [3.63, 3.8) is 0 Å². The van der Waals surface area contributed by atoms with Gasteiger partial charge in [-0.2, -0.15) is 0 Å². The third kappa shape index (κ3) is 15.3. The van der Waals surface area contributed by atoms with Crippen LogP contribution in [0.25, 0.3) is 0 Å². The standard InChI is InChI=1S/C41H32O5Si/c1-7-8-9-10-11-12-13-14-15-16-17-18-19-20-21-22-31-43-32-33-44-38-27-23-36(24-28-38)40(42)37-25-29-39(30-26-37)45-34-35-46-47(5,6)41(2,3)4/h1,23-30H,32-35H2,2-6H3. The molecule has 0 amide bonds. The van der Waals surface area contributed by atoms with Crippen molar-refractivity contribution < 1.29 is 23.4 Å². The fraction of sp³-hybridized carbons (Fsp3) is 0.244. The normalized spacial score (nSPS) is 8.94. The lowest BCUT2D eigenvalue weighted by molar-refractivity contribution is 0.103. The van der Waals surface area contributed by atoms with Crippen molar-refractivity contribution in [1.82, 2.24) is 0 Å². The summed E-state index contributed by atoms with van der Waals surface area (Å²) >= 11 is 0. The second kappa shape index (κ2) is 20.6. The van der Waals surface area contributed by atoms with Crippen molar-refractivity contribution in [2.75, 3.05) is 26.4 Å². The maximum absolute atomic E-state index is 12.9. The average Bonchev–Trinajstić information content (AvgIpc) is 3.05. The number of ketones is 1. The molecule has 0 aliphatic rings. The highest BCUT2D eigenvalue weighted by Crippen LogP contribution is 2.36. The molecule has 0 aliphatic heterocycles. The van der Waals surface area contributed by atoms with E-state index >= 15 is 0 Å². The highest BCUT2D eigenvalue weighted by atomic mass is 28.4. The Kier molecular flexibility index (Phi) is 16.2. The Bertz CT molecular complexity index is 1950. The van der Waals surface area contributed by atoms with Gasteiger partial charge in [0.2, 0.25) is 0 Å². The summed E-state index contributed by atoms with van der Waals surface area (Å²) < 4.78 is 22.8. The minimum absolute atomic E-state index is 0.0919. The van der Waals surface area contributed by atoms with Crippen LogP contribution in [0.2, 0.25) is 18.1 Å². The molecule has 0 aromatic heterocycles. The van der Waals surface area contributed by atoms with Gasteiger partial charge in [-0.15, -0.1) is 6.42 Å². The molecule has 6 heteroatoms. The van der Waals surface area contributed by atoms with Gasteiger partial charge in [-0.25, -0.2) is 0 Å². The molecule has 0 radical (unpaired) electrons. The van der Waals surface area contributed by atoms with E-state index in [1.807, 2.05) is 0 Å². The minimum atomic E-state index is -1.80. The van der Waals surface area contributed by atoms with Gasteiger partial charge in [0.25, 0.3) is 0 Å². The largest absolute Gasteiger partial charge is 0.491 e. The molecule has 47 heavy (non-hydrogen) atoms. The lowest BCUT2D eigenvalue weighted by Crippen LogP contribution is -2.41. The van der Waals surface area contributed by atoms with Crippen LogP contribution in [-0.2, 0) is 9.16 Å². The molecule has 0 fully saturated rings. The number of rotatable bonds is 11. The molecule has 2 aromatic rings. The third-order valence-electron chi connectivity index (χ3n) is 6.38. The van der Waals surface area contributed by atoms with Gasteiger partial charge in [-0.05, 0) is 114 Å². The molecular weight excluding hydrogens is 601 g/mol. The van der Waals surface area contributed by atoms with E-state index in [2.05, 4.69) is 135 Å². The van der Waals surface area contributed by atoms with Crippen LogP contribution in [0.1, 0.15) is 36.7 Å². The Morgan fingerprint density at radius 3 is 1.38 bits per heavy atom. The summed E-state index contributed by atoms with van der Waals surface area (Å²) in [6.45, 7) is 12.5. The number of benzene rings is 2. The van der Waals surface area contributed by atoms with Crippen LogP contribution in [0.5, 0.6) is 11.5 Å². The quantitative estimate of drug-likeness (QED) is 0.145. The minimum Gasteiger partial charge on any atom is -0.491 e. The summed E-state index contributed by atoms with van der Waals surface area (Å²) in [5.74, 6) is 40.7. The van der Waals surface area contributed by atoms with Crippen molar-refractivity contribution in [2.45, 2.75) is 38.9 Å². The molecule has 0 spiro atoms. The first-order chi connectivity index (χ1) is 22.6. The highest BCUT2D eigenvalue weighted by molar-refractivity contribution is 6.74. The van der Waals surface area contributed by atoms with Crippen molar-refractivity contribution in [3.05, 3.63) is 59.7 Å². The SMILES string of the molecule is C#CC#CC#CC#CC#CC#CC#CC#CC#COCCOc1ccc(C(=O)c2ccc(OCCO[Si](C)(C)C(C)(C)C)cc2)cc1. The lowest BCUT2D eigenvalue weighted by Gasteiger charge is -2.36. The van der Waals surface area contributed by atoms with E-state index in [0.29, 0.717) is 35.8 Å². The number of carbonyl (C=O) groups excluding carboxylic acids is 1. The van der Waals surface area contributed by atoms with Gasteiger partial charge in [0.05, 0.1) is 6.61 Å². The summed E-state index contributed by atoms with van der Waals surface area (Å²) in [4.78, 5) is 12.9. The van der Waals surface area contributed by atoms with E-state index in [4.69, 9.17) is 25.1 Å². The predicted molar refractivity (Wildman–Crippen MR) is 187 cm³/mol. The van der Waals surface area contributed by atoms with E-state index in [1.165, 1.54) is 0 Å². The third-order valence-corrected chi connectivity index (χ3v) is 10.9. The number of hydrogen-bond donors (Lipinski definition) is 0. The Balaban J connectivity index is 1.69. The van der Waals surface area contributed by atoms with Gasteiger partial charge in [0.15, 0.2) is 14.1 Å². The van der Waals surface area contributed by atoms with Gasteiger partial charge in [0.1, 0.15) is 37.4 Å². The van der Waals surface area contributed by atoms with Crippen LogP contribution in [-0.4, -0.2) is 40.5 Å². The van der Waals surface area contributed by atoms with Crippen molar-refractivity contribution >= 4 is 14.1 Å². The molecule has 230 valence electrons. The topological polar surface area (TPSA) is 54.0 Å². The molecule has 0 heterocycles. The van der Waals surface area contributed by atoms with Crippen molar-refractivity contribution in [2.24, 2.45) is 0 Å². The molecule has 2 rings (SSSR count). The zero-order valence-corrected chi connectivity index (χ0v) is 28.1. The van der Waals surface area contributed by atoms with E-state index in [0.717, 1.165) is 0 Å². The van der Waals surface area contributed by atoms with Crippen LogP contribution in [0.4, 0.5) is 0 Å². The van der Waals surface area contributed by atoms with Crippen molar-refractivity contribution in [3.8, 4) is 119 Å². The van der Waals surface area contributed by atoms with Crippen LogP contribution >= 0.6 is 0 Å². The molecule has 0 saturated carbocycles. The Labute approximate surface area is 280 Å². The fourth-order valence-corrected chi connectivity index (χ4v) is 4.03. The maximum Gasteiger partial charge on any atom is 0.193 e. The summed E-state index contributed by atoms with van der Waals surface area (Å²) in [7, 11) is -1.80. The molecule has 2 aromatic carbocycles. The van der Waals surface area contributed by atoms with Crippen molar-refractivity contribution in [1.29, 1.82) is 0 Å². The zero-order valence-electron chi connectivity index (χ0n) is 27.1. The van der Waals surface area contributed by atoms with Gasteiger partial charge in [-0.1, -0.05) is 20.8 Å². The first-order valence-electron chi connectivity index (χ1n) is 14.4. The monoisotopic (exact) mass is 632 g/mol. The number of hydrogen-bond acceptors (Lipinski definition) is 5. The van der Waals surface area contributed by atoms with Crippen LogP contribution in [0.15, 0.2) is 48.5 Å². The van der Waals surface area contributed by atoms with Gasteiger partial charge >= 0.3 is 0 Å². The maximum atomic E-state index is 12.9. The molecular formula is C41H32O5Si. The van der Waals surface area contributed by atoms with Crippen LogP contribution in [0, 0.1) is 107 Å². The van der Waals surface area contributed by atoms with Crippen LogP contribution < -0.4 is 9.47 Å². The molecule has 0 atom stereocenters. The van der Waals surface area contributed by atoms with E-state index in [-0.39, 0.29) is 24.0 Å². The summed E-state index contributed by atoms with van der Waals surface area (Å²) in [5, 5.41) is 0.154. The molecule has 0 N–H and O–H groups in total. The Hall–Kier alpha value is -6.27. The lowest BCUT2D eigenvalue weighted by atomic mass is 10.0. The number of ether oxygens (including phenoxy) is 3. The Morgan fingerprint density at radius 1 is 0.596 bits per heavy atom. The van der Waals surface area contributed by atoms with Crippen LogP contribution in [0.3, 0.4) is 0 Å². The summed E-state index contributed by atoms with van der Waals surface area (Å²) in [5.41, 5.74) is 1.12. The molecule has 0 saturated heterocycles. The highest BCUT2D eigenvalue weighted by Gasteiger charge is 2.36.